The minimum absolute atomic E-state index is 0.0594. The Labute approximate surface area is 111 Å². The summed E-state index contributed by atoms with van der Waals surface area (Å²) in [6, 6.07) is 0.701. The van der Waals surface area contributed by atoms with Crippen LogP contribution in [0.2, 0.25) is 0 Å². The molecule has 2 unspecified atom stereocenters. The summed E-state index contributed by atoms with van der Waals surface area (Å²) in [5.41, 5.74) is -0.310. The highest BCUT2D eigenvalue weighted by atomic mass is 35.5. The topological polar surface area (TPSA) is 59.1 Å². The normalized spacial score (nSPS) is 26.7. The summed E-state index contributed by atoms with van der Waals surface area (Å²) in [5, 5.41) is -0.0594. The first-order valence-electron chi connectivity index (χ1n) is 5.50. The van der Waals surface area contributed by atoms with E-state index in [9.17, 15) is 12.8 Å². The molecule has 18 heavy (non-hydrogen) atoms. The van der Waals surface area contributed by atoms with E-state index in [1.54, 1.807) is 0 Å². The summed E-state index contributed by atoms with van der Waals surface area (Å²) in [7, 11) is -3.75. The molecule has 0 amide bonds. The molecule has 1 aromatic heterocycles. The molecule has 1 aliphatic carbocycles. The fourth-order valence-electron chi connectivity index (χ4n) is 1.87. The SMILES string of the molecule is CC1(C)C(Cl)CC1NS(=O)(=O)c1cncc(F)c1. The number of rotatable bonds is 3. The van der Waals surface area contributed by atoms with E-state index in [1.165, 1.54) is 0 Å². The zero-order valence-corrected chi connectivity index (χ0v) is 11.6. The Bertz CT molecular complexity index is 562. The number of sulfonamides is 1. The second-order valence-corrected chi connectivity index (χ2v) is 7.28. The maximum absolute atomic E-state index is 13.0. The summed E-state index contributed by atoms with van der Waals surface area (Å²) in [4.78, 5) is 3.36. The van der Waals surface area contributed by atoms with Crippen molar-refractivity contribution in [1.29, 1.82) is 0 Å². The molecule has 0 bridgehead atoms. The van der Waals surface area contributed by atoms with Gasteiger partial charge in [0.15, 0.2) is 0 Å². The van der Waals surface area contributed by atoms with Gasteiger partial charge in [-0.3, -0.25) is 4.98 Å². The Morgan fingerprint density at radius 2 is 2.17 bits per heavy atom. The van der Waals surface area contributed by atoms with E-state index >= 15 is 0 Å². The lowest BCUT2D eigenvalue weighted by atomic mass is 9.67. The monoisotopic (exact) mass is 292 g/mol. The molecular formula is C11H14ClFN2O2S. The first-order valence-corrected chi connectivity index (χ1v) is 7.42. The van der Waals surface area contributed by atoms with E-state index in [1.807, 2.05) is 13.8 Å². The molecule has 100 valence electrons. The van der Waals surface area contributed by atoms with Crippen molar-refractivity contribution < 1.29 is 12.8 Å². The van der Waals surface area contributed by atoms with Crippen molar-refractivity contribution in [3.8, 4) is 0 Å². The second-order valence-electron chi connectivity index (χ2n) is 5.04. The van der Waals surface area contributed by atoms with Gasteiger partial charge in [0.1, 0.15) is 10.7 Å². The maximum Gasteiger partial charge on any atom is 0.242 e. The van der Waals surface area contributed by atoms with Crippen LogP contribution in [0.25, 0.3) is 0 Å². The van der Waals surface area contributed by atoms with Gasteiger partial charge in [0.05, 0.1) is 6.20 Å². The number of hydrogen-bond donors (Lipinski definition) is 1. The van der Waals surface area contributed by atoms with E-state index in [0.29, 0.717) is 6.42 Å². The first kappa shape index (κ1) is 13.7. The molecule has 7 heteroatoms. The van der Waals surface area contributed by atoms with Gasteiger partial charge in [-0.25, -0.2) is 17.5 Å². The standard InChI is InChI=1S/C11H14ClFN2O2S/c1-11(2)9(12)4-10(11)15-18(16,17)8-3-7(13)5-14-6-8/h3,5-6,9-10,15H,4H2,1-2H3. The summed E-state index contributed by atoms with van der Waals surface area (Å²) in [6.45, 7) is 3.79. The van der Waals surface area contributed by atoms with Crippen molar-refractivity contribution in [3.05, 3.63) is 24.3 Å². The Balaban J connectivity index is 2.19. The molecule has 1 N–H and O–H groups in total. The maximum atomic E-state index is 13.0. The van der Waals surface area contributed by atoms with Gasteiger partial charge in [0.2, 0.25) is 10.0 Å². The number of nitrogens with zero attached hydrogens (tertiary/aromatic N) is 1. The minimum atomic E-state index is -3.75. The largest absolute Gasteiger partial charge is 0.260 e. The zero-order valence-electron chi connectivity index (χ0n) is 10.0. The van der Waals surface area contributed by atoms with E-state index < -0.39 is 15.8 Å². The smallest absolute Gasteiger partial charge is 0.242 e. The second kappa shape index (κ2) is 4.43. The quantitative estimate of drug-likeness (QED) is 0.866. The average Bonchev–Trinajstić information content (AvgIpc) is 2.28. The van der Waals surface area contributed by atoms with E-state index in [0.717, 1.165) is 18.5 Å². The molecule has 2 rings (SSSR count). The molecule has 0 radical (unpaired) electrons. The van der Waals surface area contributed by atoms with Crippen LogP contribution in [-0.2, 0) is 10.0 Å². The van der Waals surface area contributed by atoms with Gasteiger partial charge in [-0.05, 0) is 17.9 Å². The van der Waals surface area contributed by atoms with E-state index in [4.69, 9.17) is 11.6 Å². The molecule has 1 heterocycles. The number of aromatic nitrogens is 1. The van der Waals surface area contributed by atoms with Gasteiger partial charge in [-0.2, -0.15) is 0 Å². The summed E-state index contributed by atoms with van der Waals surface area (Å²) < 4.78 is 39.5. The predicted octanol–water partition coefficient (Wildman–Crippen LogP) is 1.90. The van der Waals surface area contributed by atoms with Crippen molar-refractivity contribution >= 4 is 21.6 Å². The molecular weight excluding hydrogens is 279 g/mol. The third-order valence-electron chi connectivity index (χ3n) is 3.44. The number of alkyl halides is 1. The number of hydrogen-bond acceptors (Lipinski definition) is 3. The Hall–Kier alpha value is -0.720. The van der Waals surface area contributed by atoms with Gasteiger partial charge in [0.25, 0.3) is 0 Å². The fourth-order valence-corrected chi connectivity index (χ4v) is 3.58. The third kappa shape index (κ3) is 2.37. The Morgan fingerprint density at radius 1 is 1.50 bits per heavy atom. The highest BCUT2D eigenvalue weighted by Gasteiger charge is 2.48. The van der Waals surface area contributed by atoms with Crippen LogP contribution in [0.3, 0.4) is 0 Å². The lowest BCUT2D eigenvalue weighted by Gasteiger charge is -2.48. The minimum Gasteiger partial charge on any atom is -0.260 e. The Morgan fingerprint density at radius 3 is 2.67 bits per heavy atom. The van der Waals surface area contributed by atoms with Crippen LogP contribution in [0.5, 0.6) is 0 Å². The van der Waals surface area contributed by atoms with Crippen molar-refractivity contribution in [2.45, 2.75) is 36.6 Å². The van der Waals surface area contributed by atoms with Gasteiger partial charge >= 0.3 is 0 Å². The van der Waals surface area contributed by atoms with Gasteiger partial charge in [-0.15, -0.1) is 11.6 Å². The van der Waals surface area contributed by atoms with E-state index in [-0.39, 0.29) is 21.7 Å². The average molecular weight is 293 g/mol. The number of halogens is 2. The van der Waals surface area contributed by atoms with Gasteiger partial charge < -0.3 is 0 Å². The molecule has 1 aromatic rings. The summed E-state index contributed by atoms with van der Waals surface area (Å²) >= 11 is 6.03. The summed E-state index contributed by atoms with van der Waals surface area (Å²) in [5.74, 6) is -0.680. The van der Waals surface area contributed by atoms with Crippen molar-refractivity contribution in [2.24, 2.45) is 5.41 Å². The highest BCUT2D eigenvalue weighted by Crippen LogP contribution is 2.44. The first-order chi connectivity index (χ1) is 8.23. The van der Waals surface area contributed by atoms with Crippen LogP contribution in [0, 0.1) is 11.2 Å². The lowest BCUT2D eigenvalue weighted by Crippen LogP contribution is -2.59. The highest BCUT2D eigenvalue weighted by molar-refractivity contribution is 7.89. The molecule has 4 nitrogen and oxygen atoms in total. The number of nitrogens with one attached hydrogen (secondary N) is 1. The van der Waals surface area contributed by atoms with Crippen LogP contribution >= 0.6 is 11.6 Å². The molecule has 0 aliphatic heterocycles. The molecule has 1 fully saturated rings. The van der Waals surface area contributed by atoms with Crippen molar-refractivity contribution in [2.75, 3.05) is 0 Å². The predicted molar refractivity (Wildman–Crippen MR) is 66.3 cm³/mol. The van der Waals surface area contributed by atoms with Crippen LogP contribution in [0.1, 0.15) is 20.3 Å². The molecule has 0 spiro atoms. The van der Waals surface area contributed by atoms with Gasteiger partial charge in [-0.1, -0.05) is 13.8 Å². The third-order valence-corrected chi connectivity index (χ3v) is 5.61. The summed E-state index contributed by atoms with van der Waals surface area (Å²) in [6.07, 6.45) is 2.65. The van der Waals surface area contributed by atoms with E-state index in [2.05, 4.69) is 9.71 Å². The zero-order chi connectivity index (χ0) is 13.6. The van der Waals surface area contributed by atoms with Crippen molar-refractivity contribution in [1.82, 2.24) is 9.71 Å². The van der Waals surface area contributed by atoms with Crippen LogP contribution in [-0.4, -0.2) is 24.8 Å². The van der Waals surface area contributed by atoms with Crippen LogP contribution in [0.4, 0.5) is 4.39 Å². The van der Waals surface area contributed by atoms with Gasteiger partial charge in [0, 0.05) is 17.6 Å². The number of pyridine rings is 1. The van der Waals surface area contributed by atoms with Crippen LogP contribution < -0.4 is 4.72 Å². The lowest BCUT2D eigenvalue weighted by molar-refractivity contribution is 0.137. The molecule has 1 saturated carbocycles. The molecule has 0 saturated heterocycles. The Kier molecular flexibility index (Phi) is 3.38. The van der Waals surface area contributed by atoms with Crippen molar-refractivity contribution in [3.63, 3.8) is 0 Å². The molecule has 2 atom stereocenters. The fraction of sp³-hybridized carbons (Fsp3) is 0.545. The molecule has 1 aliphatic rings. The van der Waals surface area contributed by atoms with Crippen LogP contribution in [0.15, 0.2) is 23.4 Å². The molecule has 0 aromatic carbocycles.